The molecule has 3 N–H and O–H groups in total. The summed E-state index contributed by atoms with van der Waals surface area (Å²) in [6.07, 6.45) is 1.72. The van der Waals surface area contributed by atoms with Gasteiger partial charge in [0.15, 0.2) is 5.75 Å². The summed E-state index contributed by atoms with van der Waals surface area (Å²) in [5, 5.41) is 12.7. The van der Waals surface area contributed by atoms with Crippen LogP contribution in [0.25, 0.3) is 0 Å². The number of carbonyl (C=O) groups is 2. The lowest BCUT2D eigenvalue weighted by Gasteiger charge is -2.36. The molecule has 34 heavy (non-hydrogen) atoms. The molecule has 0 aliphatic carbocycles. The first-order valence-corrected chi connectivity index (χ1v) is 11.5. The summed E-state index contributed by atoms with van der Waals surface area (Å²) in [6.45, 7) is 5.55. The molecular formula is C24H29FN4O5. The van der Waals surface area contributed by atoms with Gasteiger partial charge < -0.3 is 25.0 Å². The van der Waals surface area contributed by atoms with Crippen molar-refractivity contribution in [2.24, 2.45) is 5.92 Å². The minimum atomic E-state index is -0.903. The predicted octanol–water partition coefficient (Wildman–Crippen LogP) is 1.33. The van der Waals surface area contributed by atoms with Gasteiger partial charge in [0.25, 0.3) is 17.4 Å². The fraction of sp³-hybridized carbons (Fsp3) is 0.458. The van der Waals surface area contributed by atoms with E-state index in [1.165, 1.54) is 30.3 Å². The Morgan fingerprint density at radius 3 is 2.47 bits per heavy atom. The fourth-order valence-electron chi connectivity index (χ4n) is 4.36. The van der Waals surface area contributed by atoms with Crippen LogP contribution in [0.1, 0.15) is 39.3 Å². The third-order valence-electron chi connectivity index (χ3n) is 6.37. The normalized spacial score (nSPS) is 17.5. The molecule has 0 atom stereocenters. The molecule has 10 heteroatoms. The lowest BCUT2D eigenvalue weighted by molar-refractivity contribution is 0.0242. The van der Waals surface area contributed by atoms with Crippen molar-refractivity contribution in [3.05, 3.63) is 63.3 Å². The van der Waals surface area contributed by atoms with Crippen molar-refractivity contribution >= 4 is 11.8 Å². The van der Waals surface area contributed by atoms with E-state index in [0.29, 0.717) is 24.6 Å². The molecule has 9 nitrogen and oxygen atoms in total. The van der Waals surface area contributed by atoms with Gasteiger partial charge in [-0.3, -0.25) is 19.3 Å². The molecule has 2 aromatic rings. The molecule has 0 spiro atoms. The number of halogens is 1. The zero-order chi connectivity index (χ0) is 24.1. The van der Waals surface area contributed by atoms with Gasteiger partial charge in [0.2, 0.25) is 0 Å². The molecule has 2 aliphatic rings. The Balaban J connectivity index is 1.38. The Bertz CT molecular complexity index is 1070. The largest absolute Gasteiger partial charge is 0.502 e. The number of aromatic amines is 1. The lowest BCUT2D eigenvalue weighted by atomic mass is 9.95. The van der Waals surface area contributed by atoms with Crippen LogP contribution in [0.3, 0.4) is 0 Å². The number of amides is 2. The van der Waals surface area contributed by atoms with Crippen LogP contribution in [0.5, 0.6) is 5.75 Å². The molecule has 0 bridgehead atoms. The first kappa shape index (κ1) is 23.9. The number of carbonyl (C=O) groups excluding carboxylic acids is 2. The van der Waals surface area contributed by atoms with Crippen LogP contribution >= 0.6 is 0 Å². The van der Waals surface area contributed by atoms with Crippen LogP contribution < -0.4 is 10.9 Å². The molecule has 2 amide bonds. The van der Waals surface area contributed by atoms with E-state index < -0.39 is 23.0 Å². The molecule has 0 unspecified atom stereocenters. The predicted molar refractivity (Wildman–Crippen MR) is 122 cm³/mol. The number of aromatic nitrogens is 1. The van der Waals surface area contributed by atoms with Crippen molar-refractivity contribution < 1.29 is 23.8 Å². The van der Waals surface area contributed by atoms with E-state index in [0.717, 1.165) is 45.7 Å². The highest BCUT2D eigenvalue weighted by Gasteiger charge is 2.27. The van der Waals surface area contributed by atoms with Crippen molar-refractivity contribution in [3.8, 4) is 5.75 Å². The minimum Gasteiger partial charge on any atom is -0.502 e. The maximum atomic E-state index is 13.0. The Kier molecular flexibility index (Phi) is 7.59. The topological polar surface area (TPSA) is 115 Å². The molecule has 2 fully saturated rings. The smallest absolute Gasteiger partial charge is 0.291 e. The summed E-state index contributed by atoms with van der Waals surface area (Å²) in [7, 11) is 0. The Labute approximate surface area is 196 Å². The highest BCUT2D eigenvalue weighted by molar-refractivity contribution is 6.00. The monoisotopic (exact) mass is 472 g/mol. The first-order valence-electron chi connectivity index (χ1n) is 11.5. The van der Waals surface area contributed by atoms with Gasteiger partial charge in [0.05, 0.1) is 18.8 Å². The van der Waals surface area contributed by atoms with Gasteiger partial charge in [-0.2, -0.15) is 0 Å². The van der Waals surface area contributed by atoms with Gasteiger partial charge in [-0.15, -0.1) is 0 Å². The second kappa shape index (κ2) is 10.8. The number of morpholine rings is 1. The number of H-pyrrole nitrogens is 1. The summed E-state index contributed by atoms with van der Waals surface area (Å²) in [5.74, 6) is -1.73. The van der Waals surface area contributed by atoms with Crippen LogP contribution in [-0.4, -0.2) is 77.6 Å². The molecule has 0 radical (unpaired) electrons. The SMILES string of the molecule is O=C(NCc1ccc(F)cc1)c1cc(C(=O)N2CCC(CN3CCOCC3)CC2)[nH]c(=O)c1O. The number of nitrogens with zero attached hydrogens (tertiary/aromatic N) is 2. The van der Waals surface area contributed by atoms with Gasteiger partial charge in [-0.05, 0) is 42.5 Å². The average molecular weight is 473 g/mol. The molecule has 2 aliphatic heterocycles. The minimum absolute atomic E-state index is 0.0404. The molecule has 3 heterocycles. The number of likely N-dealkylation sites (tertiary alicyclic amines) is 1. The number of aromatic hydroxyl groups is 1. The van der Waals surface area contributed by atoms with Crippen molar-refractivity contribution in [1.82, 2.24) is 20.1 Å². The zero-order valence-corrected chi connectivity index (χ0v) is 18.9. The number of pyridine rings is 1. The number of rotatable bonds is 6. The average Bonchev–Trinajstić information content (AvgIpc) is 2.86. The number of benzene rings is 1. The van der Waals surface area contributed by atoms with Crippen LogP contribution in [0.15, 0.2) is 35.1 Å². The molecule has 4 rings (SSSR count). The summed E-state index contributed by atoms with van der Waals surface area (Å²) in [5.41, 5.74) is -0.576. The van der Waals surface area contributed by atoms with E-state index >= 15 is 0 Å². The number of piperidine rings is 1. The molecule has 0 saturated carbocycles. The van der Waals surface area contributed by atoms with E-state index in [1.807, 2.05) is 0 Å². The van der Waals surface area contributed by atoms with Gasteiger partial charge in [-0.1, -0.05) is 12.1 Å². The maximum Gasteiger partial charge on any atom is 0.291 e. The Hall–Kier alpha value is -3.24. The van der Waals surface area contributed by atoms with Crippen LogP contribution in [0.2, 0.25) is 0 Å². The number of hydrogen-bond donors (Lipinski definition) is 3. The highest BCUT2D eigenvalue weighted by atomic mass is 19.1. The van der Waals surface area contributed by atoms with Crippen molar-refractivity contribution in [2.75, 3.05) is 45.9 Å². The standard InChI is InChI=1S/C24H29FN4O5/c25-18-3-1-16(2-4-18)14-26-22(31)19-13-20(27-23(32)21(19)30)24(33)29-7-5-17(6-8-29)15-28-9-11-34-12-10-28/h1-4,13,17,30H,5-12,14-15H2,(H,26,31)(H,27,32). The van der Waals surface area contributed by atoms with Crippen molar-refractivity contribution in [1.29, 1.82) is 0 Å². The van der Waals surface area contributed by atoms with Crippen molar-refractivity contribution in [3.63, 3.8) is 0 Å². The van der Waals surface area contributed by atoms with Crippen LogP contribution in [-0.2, 0) is 11.3 Å². The number of hydrogen-bond acceptors (Lipinski definition) is 6. The van der Waals surface area contributed by atoms with Gasteiger partial charge in [0, 0.05) is 39.3 Å². The summed E-state index contributed by atoms with van der Waals surface area (Å²) < 4.78 is 18.4. The summed E-state index contributed by atoms with van der Waals surface area (Å²) >= 11 is 0. The van der Waals surface area contributed by atoms with E-state index in [2.05, 4.69) is 15.2 Å². The Morgan fingerprint density at radius 1 is 1.12 bits per heavy atom. The quantitative estimate of drug-likeness (QED) is 0.585. The third kappa shape index (κ3) is 5.81. The molecule has 182 valence electrons. The summed E-state index contributed by atoms with van der Waals surface area (Å²) in [4.78, 5) is 44.3. The zero-order valence-electron chi connectivity index (χ0n) is 18.9. The van der Waals surface area contributed by atoms with Gasteiger partial charge in [0.1, 0.15) is 11.5 Å². The Morgan fingerprint density at radius 2 is 1.79 bits per heavy atom. The van der Waals surface area contributed by atoms with E-state index in [4.69, 9.17) is 4.74 Å². The van der Waals surface area contributed by atoms with Gasteiger partial charge in [-0.25, -0.2) is 4.39 Å². The molecule has 2 saturated heterocycles. The van der Waals surface area contributed by atoms with E-state index in [1.54, 1.807) is 4.90 Å². The summed E-state index contributed by atoms with van der Waals surface area (Å²) in [6, 6.07) is 6.79. The number of ether oxygens (including phenoxy) is 1. The first-order chi connectivity index (χ1) is 16.4. The second-order valence-electron chi connectivity index (χ2n) is 8.73. The second-order valence-corrected chi connectivity index (χ2v) is 8.73. The van der Waals surface area contributed by atoms with Crippen LogP contribution in [0.4, 0.5) is 4.39 Å². The lowest BCUT2D eigenvalue weighted by Crippen LogP contribution is -2.44. The van der Waals surface area contributed by atoms with Crippen molar-refractivity contribution in [2.45, 2.75) is 19.4 Å². The fourth-order valence-corrected chi connectivity index (χ4v) is 4.36. The van der Waals surface area contributed by atoms with Gasteiger partial charge >= 0.3 is 0 Å². The molecule has 1 aromatic heterocycles. The molecular weight excluding hydrogens is 443 g/mol. The van der Waals surface area contributed by atoms with E-state index in [-0.39, 0.29) is 23.7 Å². The third-order valence-corrected chi connectivity index (χ3v) is 6.37. The van der Waals surface area contributed by atoms with Crippen LogP contribution in [0, 0.1) is 11.7 Å². The number of nitrogens with one attached hydrogen (secondary N) is 2. The highest BCUT2D eigenvalue weighted by Crippen LogP contribution is 2.21. The maximum absolute atomic E-state index is 13.0. The van der Waals surface area contributed by atoms with E-state index in [9.17, 15) is 23.9 Å². The molecule has 1 aromatic carbocycles.